The first-order valence-corrected chi connectivity index (χ1v) is 5.61. The molecule has 0 N–H and O–H groups in total. The van der Waals surface area contributed by atoms with Gasteiger partial charge in [-0.1, -0.05) is 13.8 Å². The van der Waals surface area contributed by atoms with Crippen molar-refractivity contribution in [2.45, 2.75) is 13.8 Å². The third-order valence-electron chi connectivity index (χ3n) is 2.09. The van der Waals surface area contributed by atoms with E-state index in [1.165, 1.54) is 10.8 Å². The smallest absolute Gasteiger partial charge is 0.270 e. The molecule has 6 heteroatoms. The SMILES string of the molecule is CC.Cn1c(=O)cnc2ccc(OCC=O)nc21. The Kier molecular flexibility index (Phi) is 4.98. The lowest BCUT2D eigenvalue weighted by atomic mass is 10.4. The first-order valence-electron chi connectivity index (χ1n) is 5.61. The van der Waals surface area contributed by atoms with E-state index < -0.39 is 0 Å². The highest BCUT2D eigenvalue weighted by Gasteiger charge is 2.04. The second kappa shape index (κ2) is 6.48. The van der Waals surface area contributed by atoms with Crippen LogP contribution in [0, 0.1) is 0 Å². The van der Waals surface area contributed by atoms with Crippen molar-refractivity contribution in [3.05, 3.63) is 28.7 Å². The van der Waals surface area contributed by atoms with Crippen LogP contribution in [0.15, 0.2) is 23.1 Å². The minimum atomic E-state index is -0.243. The Morgan fingerprint density at radius 1 is 1.39 bits per heavy atom. The maximum absolute atomic E-state index is 11.3. The summed E-state index contributed by atoms with van der Waals surface area (Å²) in [4.78, 5) is 29.5. The number of hydrogen-bond acceptors (Lipinski definition) is 5. The number of nitrogens with zero attached hydrogens (tertiary/aromatic N) is 3. The maximum Gasteiger partial charge on any atom is 0.270 e. The monoisotopic (exact) mass is 249 g/mol. The summed E-state index contributed by atoms with van der Waals surface area (Å²) >= 11 is 0. The van der Waals surface area contributed by atoms with Gasteiger partial charge in [-0.05, 0) is 6.07 Å². The van der Waals surface area contributed by atoms with Gasteiger partial charge in [-0.3, -0.25) is 14.2 Å². The van der Waals surface area contributed by atoms with Gasteiger partial charge < -0.3 is 4.74 Å². The molecule has 0 aromatic carbocycles. The molecule has 18 heavy (non-hydrogen) atoms. The molecule has 0 radical (unpaired) electrons. The molecule has 0 aliphatic carbocycles. The number of aromatic nitrogens is 3. The van der Waals surface area contributed by atoms with Crippen molar-refractivity contribution in [1.29, 1.82) is 0 Å². The molecular weight excluding hydrogens is 234 g/mol. The van der Waals surface area contributed by atoms with Gasteiger partial charge in [0.1, 0.15) is 12.1 Å². The number of carbonyl (C=O) groups is 1. The largest absolute Gasteiger partial charge is 0.470 e. The molecule has 6 nitrogen and oxygen atoms in total. The van der Waals surface area contributed by atoms with Gasteiger partial charge in [0.25, 0.3) is 5.56 Å². The number of hydrogen-bond donors (Lipinski definition) is 0. The molecule has 0 fully saturated rings. The van der Waals surface area contributed by atoms with Crippen LogP contribution in [0.3, 0.4) is 0 Å². The molecule has 0 aliphatic rings. The predicted octanol–water partition coefficient (Wildman–Crippen LogP) is 0.932. The van der Waals surface area contributed by atoms with Crippen LogP contribution in [0.2, 0.25) is 0 Å². The zero-order valence-electron chi connectivity index (χ0n) is 10.6. The summed E-state index contributed by atoms with van der Waals surface area (Å²) < 4.78 is 6.41. The summed E-state index contributed by atoms with van der Waals surface area (Å²) in [5.41, 5.74) is 0.781. The molecule has 0 saturated carbocycles. The number of aldehydes is 1. The zero-order chi connectivity index (χ0) is 13.5. The predicted molar refractivity (Wildman–Crippen MR) is 67.7 cm³/mol. The number of carbonyl (C=O) groups excluding carboxylic acids is 1. The van der Waals surface area contributed by atoms with Crippen LogP contribution in [0.4, 0.5) is 0 Å². The molecule has 0 atom stereocenters. The van der Waals surface area contributed by atoms with E-state index in [1.807, 2.05) is 13.8 Å². The van der Waals surface area contributed by atoms with Crippen molar-refractivity contribution in [2.24, 2.45) is 7.05 Å². The molecule has 2 aromatic heterocycles. The van der Waals surface area contributed by atoms with E-state index >= 15 is 0 Å². The lowest BCUT2D eigenvalue weighted by Gasteiger charge is -2.05. The quantitative estimate of drug-likeness (QED) is 0.756. The number of ether oxygens (including phenoxy) is 1. The Hall–Kier alpha value is -2.24. The second-order valence-corrected chi connectivity index (χ2v) is 3.13. The van der Waals surface area contributed by atoms with Crippen LogP contribution in [0.25, 0.3) is 11.2 Å². The number of aryl methyl sites for hydroxylation is 1. The van der Waals surface area contributed by atoms with Gasteiger partial charge in [0.05, 0.1) is 6.20 Å². The van der Waals surface area contributed by atoms with Crippen LogP contribution in [-0.4, -0.2) is 27.4 Å². The zero-order valence-corrected chi connectivity index (χ0v) is 10.6. The van der Waals surface area contributed by atoms with Crippen molar-refractivity contribution in [3.8, 4) is 5.88 Å². The highest BCUT2D eigenvalue weighted by Crippen LogP contribution is 2.12. The minimum absolute atomic E-state index is 0.0628. The molecule has 0 saturated heterocycles. The summed E-state index contributed by atoms with van der Waals surface area (Å²) in [7, 11) is 1.60. The van der Waals surface area contributed by atoms with Gasteiger partial charge in [-0.15, -0.1) is 0 Å². The first-order chi connectivity index (χ1) is 8.72. The fourth-order valence-electron chi connectivity index (χ4n) is 1.29. The van der Waals surface area contributed by atoms with Crippen molar-refractivity contribution < 1.29 is 9.53 Å². The summed E-state index contributed by atoms with van der Waals surface area (Å²) in [5.74, 6) is 0.294. The highest BCUT2D eigenvalue weighted by atomic mass is 16.5. The molecule has 96 valence electrons. The van der Waals surface area contributed by atoms with Crippen molar-refractivity contribution in [3.63, 3.8) is 0 Å². The van der Waals surface area contributed by atoms with E-state index in [0.717, 1.165) is 0 Å². The van der Waals surface area contributed by atoms with Crippen molar-refractivity contribution >= 4 is 17.5 Å². The van der Waals surface area contributed by atoms with Gasteiger partial charge >= 0.3 is 0 Å². The molecule has 0 bridgehead atoms. The molecule has 0 aliphatic heterocycles. The second-order valence-electron chi connectivity index (χ2n) is 3.13. The third-order valence-corrected chi connectivity index (χ3v) is 2.09. The van der Waals surface area contributed by atoms with Crippen molar-refractivity contribution in [2.75, 3.05) is 6.61 Å². The van der Waals surface area contributed by atoms with Crippen LogP contribution in [0.5, 0.6) is 5.88 Å². The van der Waals surface area contributed by atoms with Crippen LogP contribution in [0.1, 0.15) is 13.8 Å². The van der Waals surface area contributed by atoms with Crippen molar-refractivity contribution in [1.82, 2.24) is 14.5 Å². The number of pyridine rings is 1. The van der Waals surface area contributed by atoms with E-state index in [4.69, 9.17) is 4.74 Å². The standard InChI is InChI=1S/C10H9N3O3.C2H6/c1-13-9(15)6-11-7-2-3-8(12-10(7)13)16-5-4-14;1-2/h2-4,6H,5H2,1H3;1-2H3. The normalized spacial score (nSPS) is 9.50. The Labute approximate surface area is 104 Å². The van der Waals surface area contributed by atoms with E-state index in [-0.39, 0.29) is 12.2 Å². The number of rotatable bonds is 3. The van der Waals surface area contributed by atoms with Gasteiger partial charge in [0.15, 0.2) is 11.9 Å². The topological polar surface area (TPSA) is 74.1 Å². The first kappa shape index (κ1) is 13.8. The summed E-state index contributed by atoms with van der Waals surface area (Å²) in [5, 5.41) is 0. The number of fused-ring (bicyclic) bond motifs is 1. The van der Waals surface area contributed by atoms with E-state index in [2.05, 4.69) is 9.97 Å². The summed E-state index contributed by atoms with van der Waals surface area (Å²) in [6.07, 6.45) is 1.87. The fraction of sp³-hybridized carbons (Fsp3) is 0.333. The van der Waals surface area contributed by atoms with E-state index in [9.17, 15) is 9.59 Å². The molecular formula is C12H15N3O3. The van der Waals surface area contributed by atoms with Crippen LogP contribution < -0.4 is 10.3 Å². The van der Waals surface area contributed by atoms with E-state index in [1.54, 1.807) is 19.2 Å². The Morgan fingerprint density at radius 3 is 2.78 bits per heavy atom. The lowest BCUT2D eigenvalue weighted by Crippen LogP contribution is -2.17. The molecule has 0 unspecified atom stereocenters. The summed E-state index contributed by atoms with van der Waals surface area (Å²) in [6.45, 7) is 3.94. The Bertz CT molecular complexity index is 593. The van der Waals surface area contributed by atoms with Crippen LogP contribution >= 0.6 is 0 Å². The fourth-order valence-corrected chi connectivity index (χ4v) is 1.29. The van der Waals surface area contributed by atoms with Gasteiger partial charge in [-0.25, -0.2) is 4.98 Å². The van der Waals surface area contributed by atoms with Gasteiger partial charge in [0, 0.05) is 13.1 Å². The summed E-state index contributed by atoms with van der Waals surface area (Å²) in [6, 6.07) is 3.28. The molecule has 2 heterocycles. The lowest BCUT2D eigenvalue weighted by molar-refractivity contribution is -0.109. The van der Waals surface area contributed by atoms with Gasteiger partial charge in [0.2, 0.25) is 5.88 Å². The Morgan fingerprint density at radius 2 is 2.11 bits per heavy atom. The van der Waals surface area contributed by atoms with Crippen LogP contribution in [-0.2, 0) is 11.8 Å². The molecule has 2 aromatic rings. The highest BCUT2D eigenvalue weighted by molar-refractivity contribution is 5.70. The third kappa shape index (κ3) is 2.91. The molecule has 2 rings (SSSR count). The molecule has 0 spiro atoms. The minimum Gasteiger partial charge on any atom is -0.470 e. The van der Waals surface area contributed by atoms with Gasteiger partial charge in [-0.2, -0.15) is 4.98 Å². The Balaban J connectivity index is 0.000000771. The maximum atomic E-state index is 11.3. The van der Waals surface area contributed by atoms with E-state index in [0.29, 0.717) is 23.3 Å². The average molecular weight is 249 g/mol. The average Bonchev–Trinajstić information content (AvgIpc) is 2.43. The molecule has 0 amide bonds.